The summed E-state index contributed by atoms with van der Waals surface area (Å²) >= 11 is 0. The van der Waals surface area contributed by atoms with Gasteiger partial charge in [-0.1, -0.05) is 45.1 Å². The lowest BCUT2D eigenvalue weighted by Gasteiger charge is -2.56. The Morgan fingerprint density at radius 2 is 2.10 bits per heavy atom. The number of piperidine rings is 1. The molecule has 1 saturated heterocycles. The highest BCUT2D eigenvalue weighted by atomic mass is 16.8. The van der Waals surface area contributed by atoms with Crippen molar-refractivity contribution in [2.45, 2.75) is 82.6 Å². The number of ether oxygens (including phenoxy) is 3. The number of rotatable bonds is 8. The number of hydrogen-bond acceptors (Lipinski definition) is 5. The van der Waals surface area contributed by atoms with Crippen molar-refractivity contribution in [3.05, 3.63) is 29.3 Å². The summed E-state index contributed by atoms with van der Waals surface area (Å²) in [6.07, 6.45) is 11.3. The van der Waals surface area contributed by atoms with Gasteiger partial charge in [0.15, 0.2) is 0 Å². The zero-order chi connectivity index (χ0) is 20.1. The van der Waals surface area contributed by atoms with Gasteiger partial charge in [0.2, 0.25) is 6.79 Å². The zero-order valence-corrected chi connectivity index (χ0v) is 17.7. The second-order valence-corrected chi connectivity index (χ2v) is 8.91. The monoisotopic (exact) mass is 401 g/mol. The number of carbonyl (C=O) groups excluding carboxylic acids is 1. The molecule has 1 N–H and O–H groups in total. The Kier molecular flexibility index (Phi) is 6.63. The average Bonchev–Trinajstić information content (AvgIpc) is 2.74. The number of benzene rings is 1. The van der Waals surface area contributed by atoms with E-state index in [2.05, 4.69) is 24.4 Å². The molecule has 3 aliphatic rings. The van der Waals surface area contributed by atoms with Gasteiger partial charge >= 0.3 is 6.16 Å². The largest absolute Gasteiger partial charge is 0.511 e. The molecule has 2 aliphatic carbocycles. The van der Waals surface area contributed by atoms with E-state index in [9.17, 15) is 4.79 Å². The lowest BCUT2D eigenvalue weighted by Crippen LogP contribution is -2.59. The van der Waals surface area contributed by atoms with Crippen LogP contribution in [0.5, 0.6) is 5.75 Å². The molecule has 1 aromatic carbocycles. The van der Waals surface area contributed by atoms with Crippen LogP contribution >= 0.6 is 0 Å². The molecule has 160 valence electrons. The van der Waals surface area contributed by atoms with E-state index in [1.165, 1.54) is 49.7 Å². The molecule has 29 heavy (non-hydrogen) atoms. The maximum absolute atomic E-state index is 11.7. The van der Waals surface area contributed by atoms with Gasteiger partial charge in [-0.15, -0.1) is 0 Å². The Balaban J connectivity index is 1.34. The van der Waals surface area contributed by atoms with E-state index in [0.29, 0.717) is 18.1 Å². The van der Waals surface area contributed by atoms with E-state index in [1.54, 1.807) is 0 Å². The van der Waals surface area contributed by atoms with Gasteiger partial charge in [-0.2, -0.15) is 0 Å². The van der Waals surface area contributed by atoms with E-state index in [-0.39, 0.29) is 6.79 Å². The number of fused-ring (bicyclic) bond motifs is 1. The van der Waals surface area contributed by atoms with Gasteiger partial charge in [0.1, 0.15) is 5.75 Å². The highest BCUT2D eigenvalue weighted by Crippen LogP contribution is 2.54. The van der Waals surface area contributed by atoms with Crippen molar-refractivity contribution in [3.63, 3.8) is 0 Å². The van der Waals surface area contributed by atoms with Crippen LogP contribution in [0, 0.1) is 5.92 Å². The van der Waals surface area contributed by atoms with Crippen molar-refractivity contribution in [2.75, 3.05) is 19.9 Å². The normalized spacial score (nSPS) is 27.5. The fraction of sp³-hybridized carbons (Fsp3) is 0.708. The molecule has 0 unspecified atom stereocenters. The predicted molar refractivity (Wildman–Crippen MR) is 112 cm³/mol. The molecule has 2 fully saturated rings. The third-order valence-electron chi connectivity index (χ3n) is 7.24. The molecule has 1 aromatic rings. The van der Waals surface area contributed by atoms with Gasteiger partial charge in [0.05, 0.1) is 6.61 Å². The van der Waals surface area contributed by atoms with Crippen molar-refractivity contribution in [3.8, 4) is 5.75 Å². The first-order valence-electron chi connectivity index (χ1n) is 11.5. The van der Waals surface area contributed by atoms with Gasteiger partial charge in [0.25, 0.3) is 0 Å². The van der Waals surface area contributed by atoms with Crippen LogP contribution in [0.15, 0.2) is 18.2 Å². The third-order valence-corrected chi connectivity index (χ3v) is 7.24. The summed E-state index contributed by atoms with van der Waals surface area (Å²) in [5, 5.41) is 3.77. The summed E-state index contributed by atoms with van der Waals surface area (Å²) in [5.41, 5.74) is 3.25. The summed E-state index contributed by atoms with van der Waals surface area (Å²) in [4.78, 5) is 11.7. The van der Waals surface area contributed by atoms with Gasteiger partial charge in [-0.25, -0.2) is 4.79 Å². The van der Waals surface area contributed by atoms with Gasteiger partial charge in [0, 0.05) is 11.5 Å². The number of hydrogen-bond donors (Lipinski definition) is 1. The summed E-state index contributed by atoms with van der Waals surface area (Å²) in [6, 6.07) is 7.06. The first kappa shape index (κ1) is 20.5. The Bertz CT molecular complexity index is 702. The maximum atomic E-state index is 11.7. The number of carbonyl (C=O) groups is 1. The van der Waals surface area contributed by atoms with Gasteiger partial charge < -0.3 is 19.5 Å². The SMILES string of the molecule is CCCCCCOC(=O)OCOc1ccc2c(c1)[C@@]13CCCC[C@@H]1[C@H](C2)NCC3. The predicted octanol–water partition coefficient (Wildman–Crippen LogP) is 5.10. The minimum Gasteiger partial charge on any atom is -0.457 e. The molecule has 0 aromatic heterocycles. The van der Waals surface area contributed by atoms with Gasteiger partial charge in [-0.3, -0.25) is 0 Å². The molecule has 3 atom stereocenters. The fourth-order valence-electron chi connectivity index (χ4n) is 5.86. The molecule has 1 saturated carbocycles. The summed E-state index contributed by atoms with van der Waals surface area (Å²) in [6.45, 7) is 3.58. The van der Waals surface area contributed by atoms with Crippen LogP contribution < -0.4 is 10.1 Å². The van der Waals surface area contributed by atoms with Crippen molar-refractivity contribution in [1.82, 2.24) is 5.32 Å². The van der Waals surface area contributed by atoms with Crippen LogP contribution in [-0.4, -0.2) is 32.1 Å². The summed E-state index contributed by atoms with van der Waals surface area (Å²) in [5.74, 6) is 1.53. The van der Waals surface area contributed by atoms with E-state index in [4.69, 9.17) is 14.2 Å². The van der Waals surface area contributed by atoms with Crippen molar-refractivity contribution in [1.29, 1.82) is 0 Å². The Labute approximate surface area is 174 Å². The molecule has 1 aliphatic heterocycles. The molecule has 0 amide bonds. The van der Waals surface area contributed by atoms with Crippen LogP contribution in [0.2, 0.25) is 0 Å². The molecule has 5 heteroatoms. The molecule has 0 radical (unpaired) electrons. The fourth-order valence-corrected chi connectivity index (χ4v) is 5.86. The third kappa shape index (κ3) is 4.40. The van der Waals surface area contributed by atoms with Crippen LogP contribution in [0.1, 0.15) is 75.8 Å². The molecular weight excluding hydrogens is 366 g/mol. The lowest BCUT2D eigenvalue weighted by atomic mass is 9.53. The summed E-state index contributed by atoms with van der Waals surface area (Å²) in [7, 11) is 0. The second kappa shape index (κ2) is 9.38. The molecule has 4 rings (SSSR count). The minimum atomic E-state index is -0.647. The molecular formula is C24H35NO4. The first-order valence-corrected chi connectivity index (χ1v) is 11.5. The molecule has 2 bridgehead atoms. The highest BCUT2D eigenvalue weighted by Gasteiger charge is 2.51. The van der Waals surface area contributed by atoms with Crippen molar-refractivity contribution < 1.29 is 19.0 Å². The van der Waals surface area contributed by atoms with E-state index < -0.39 is 6.16 Å². The molecule has 1 heterocycles. The minimum absolute atomic E-state index is 0.104. The Hall–Kier alpha value is -1.75. The van der Waals surface area contributed by atoms with E-state index in [1.807, 2.05) is 6.07 Å². The Morgan fingerprint density at radius 3 is 3.00 bits per heavy atom. The standard InChI is InChI=1S/C24H35NO4/c1-2-3-4-7-14-27-23(26)29-17-28-19-10-9-18-15-22-20-8-5-6-11-24(20,12-13-25-22)21(18)16-19/h9-10,16,20,22,25H,2-8,11-15,17H2,1H3/t20-,22+,24-/m1/s1. The second-order valence-electron chi connectivity index (χ2n) is 8.91. The van der Waals surface area contributed by atoms with E-state index >= 15 is 0 Å². The number of unbranched alkanes of at least 4 members (excludes halogenated alkanes) is 3. The van der Waals surface area contributed by atoms with Crippen LogP contribution in [0.4, 0.5) is 4.79 Å². The molecule has 0 spiro atoms. The van der Waals surface area contributed by atoms with Crippen LogP contribution in [0.3, 0.4) is 0 Å². The quantitative estimate of drug-likeness (QED) is 0.373. The number of nitrogens with one attached hydrogen (secondary N) is 1. The highest BCUT2D eigenvalue weighted by molar-refractivity contribution is 5.59. The zero-order valence-electron chi connectivity index (χ0n) is 17.7. The first-order chi connectivity index (χ1) is 14.2. The van der Waals surface area contributed by atoms with E-state index in [0.717, 1.165) is 43.9 Å². The average molecular weight is 402 g/mol. The molecule has 5 nitrogen and oxygen atoms in total. The summed E-state index contributed by atoms with van der Waals surface area (Å²) < 4.78 is 15.9. The van der Waals surface area contributed by atoms with Gasteiger partial charge in [-0.05, 0) is 67.8 Å². The topological polar surface area (TPSA) is 56.8 Å². The Morgan fingerprint density at radius 1 is 1.17 bits per heavy atom. The van der Waals surface area contributed by atoms with Crippen molar-refractivity contribution >= 4 is 6.16 Å². The van der Waals surface area contributed by atoms with Crippen LogP contribution in [0.25, 0.3) is 0 Å². The maximum Gasteiger partial charge on any atom is 0.511 e. The van der Waals surface area contributed by atoms with Crippen molar-refractivity contribution in [2.24, 2.45) is 5.92 Å². The smallest absolute Gasteiger partial charge is 0.457 e. The van der Waals surface area contributed by atoms with Crippen LogP contribution in [-0.2, 0) is 21.3 Å². The lowest BCUT2D eigenvalue weighted by molar-refractivity contribution is 0.00382.